The molecule has 0 spiro atoms. The number of benzene rings is 2. The van der Waals surface area contributed by atoms with Gasteiger partial charge in [0.15, 0.2) is 0 Å². The normalized spacial score (nSPS) is 15.0. The van der Waals surface area contributed by atoms with Crippen LogP contribution in [0.15, 0.2) is 79.0 Å². The molecule has 4 nitrogen and oxygen atoms in total. The van der Waals surface area contributed by atoms with Crippen molar-refractivity contribution in [2.45, 2.75) is 18.9 Å². The van der Waals surface area contributed by atoms with Crippen LogP contribution in [0.4, 0.5) is 5.82 Å². The topological polar surface area (TPSA) is 49.2 Å². The number of rotatable bonds is 3. The summed E-state index contributed by atoms with van der Waals surface area (Å²) in [4.78, 5) is 12.0. The van der Waals surface area contributed by atoms with Crippen LogP contribution < -0.4 is 4.90 Å². The maximum atomic E-state index is 9.88. The minimum atomic E-state index is -0.205. The van der Waals surface area contributed by atoms with Gasteiger partial charge in [0.2, 0.25) is 0 Å². The zero-order chi connectivity index (χ0) is 19.6. The van der Waals surface area contributed by atoms with Gasteiger partial charge in [-0.25, -0.2) is 9.97 Å². The molecular formula is C25H23N3O. The third-order valence-corrected chi connectivity index (χ3v) is 5.62. The van der Waals surface area contributed by atoms with Crippen molar-refractivity contribution in [2.24, 2.45) is 0 Å². The quantitative estimate of drug-likeness (QED) is 0.547. The zero-order valence-corrected chi connectivity index (χ0v) is 16.2. The van der Waals surface area contributed by atoms with Gasteiger partial charge in [0, 0.05) is 35.8 Å². The molecule has 3 heterocycles. The average molecular weight is 381 g/mol. The van der Waals surface area contributed by atoms with Gasteiger partial charge >= 0.3 is 0 Å². The zero-order valence-electron chi connectivity index (χ0n) is 16.2. The van der Waals surface area contributed by atoms with E-state index in [1.807, 2.05) is 36.5 Å². The average Bonchev–Trinajstić information content (AvgIpc) is 2.79. The Kier molecular flexibility index (Phi) is 4.70. The Morgan fingerprint density at radius 2 is 1.48 bits per heavy atom. The van der Waals surface area contributed by atoms with Crippen LogP contribution in [0.2, 0.25) is 0 Å². The molecule has 0 radical (unpaired) electrons. The van der Waals surface area contributed by atoms with Crippen molar-refractivity contribution >= 4 is 16.7 Å². The smallest absolute Gasteiger partial charge is 0.138 e. The number of hydrogen-bond donors (Lipinski definition) is 1. The van der Waals surface area contributed by atoms with E-state index in [1.54, 1.807) is 0 Å². The first-order chi connectivity index (χ1) is 14.3. The molecule has 0 amide bonds. The first-order valence-corrected chi connectivity index (χ1v) is 10.1. The van der Waals surface area contributed by atoms with E-state index in [0.717, 1.165) is 65.0 Å². The Labute approximate surface area is 170 Å². The summed E-state index contributed by atoms with van der Waals surface area (Å²) in [6, 6.07) is 25.0. The molecule has 4 aromatic rings. The van der Waals surface area contributed by atoms with E-state index in [2.05, 4.69) is 47.4 Å². The monoisotopic (exact) mass is 381 g/mol. The van der Waals surface area contributed by atoms with Gasteiger partial charge in [0.05, 0.1) is 17.3 Å². The van der Waals surface area contributed by atoms with Gasteiger partial charge in [0.1, 0.15) is 5.82 Å². The van der Waals surface area contributed by atoms with Gasteiger partial charge in [0.25, 0.3) is 0 Å². The summed E-state index contributed by atoms with van der Waals surface area (Å²) in [7, 11) is 0. The van der Waals surface area contributed by atoms with Gasteiger partial charge in [-0.1, -0.05) is 60.7 Å². The molecule has 0 unspecified atom stereocenters. The second-order valence-electron chi connectivity index (χ2n) is 7.54. The highest BCUT2D eigenvalue weighted by Gasteiger charge is 2.21. The van der Waals surface area contributed by atoms with Crippen LogP contribution in [-0.4, -0.2) is 34.3 Å². The predicted molar refractivity (Wildman–Crippen MR) is 118 cm³/mol. The minimum absolute atomic E-state index is 0.205. The van der Waals surface area contributed by atoms with E-state index in [4.69, 9.17) is 9.97 Å². The Hall–Kier alpha value is -3.24. The number of aliphatic hydroxyl groups is 1. The van der Waals surface area contributed by atoms with Crippen LogP contribution in [0.5, 0.6) is 0 Å². The minimum Gasteiger partial charge on any atom is -0.393 e. The molecule has 5 rings (SSSR count). The fourth-order valence-corrected chi connectivity index (χ4v) is 4.07. The molecule has 144 valence electrons. The van der Waals surface area contributed by atoms with E-state index in [-0.39, 0.29) is 6.10 Å². The summed E-state index contributed by atoms with van der Waals surface area (Å²) in [5.74, 6) is 0.957. The van der Waals surface area contributed by atoms with E-state index >= 15 is 0 Å². The SMILES string of the molecule is OC1CCN(c2nccc3nc(-c4ccccc4)c(-c4ccccc4)cc23)CC1. The number of nitrogens with zero attached hydrogens (tertiary/aromatic N) is 3. The highest BCUT2D eigenvalue weighted by molar-refractivity contribution is 5.97. The summed E-state index contributed by atoms with van der Waals surface area (Å²) in [6.45, 7) is 1.63. The molecule has 0 atom stereocenters. The van der Waals surface area contributed by atoms with Crippen LogP contribution >= 0.6 is 0 Å². The summed E-state index contributed by atoms with van der Waals surface area (Å²) in [5.41, 5.74) is 5.28. The third kappa shape index (κ3) is 3.47. The van der Waals surface area contributed by atoms with Crippen molar-refractivity contribution in [2.75, 3.05) is 18.0 Å². The van der Waals surface area contributed by atoms with Crippen molar-refractivity contribution in [3.05, 3.63) is 79.0 Å². The molecule has 1 fully saturated rings. The van der Waals surface area contributed by atoms with Crippen molar-refractivity contribution in [1.29, 1.82) is 0 Å². The maximum Gasteiger partial charge on any atom is 0.138 e. The lowest BCUT2D eigenvalue weighted by molar-refractivity contribution is 0.145. The molecule has 4 heteroatoms. The highest BCUT2D eigenvalue weighted by atomic mass is 16.3. The van der Waals surface area contributed by atoms with Gasteiger partial charge in [-0.2, -0.15) is 0 Å². The van der Waals surface area contributed by atoms with Crippen molar-refractivity contribution < 1.29 is 5.11 Å². The standard InChI is InChI=1S/C25H23N3O/c29-20-12-15-28(16-13-20)25-22-17-21(18-7-3-1-4-8-18)24(19-9-5-2-6-10-19)27-23(22)11-14-26-25/h1-11,14,17,20,29H,12-13,15-16H2. The van der Waals surface area contributed by atoms with Crippen LogP contribution in [0.25, 0.3) is 33.3 Å². The second kappa shape index (κ2) is 7.64. The van der Waals surface area contributed by atoms with Crippen LogP contribution in [0, 0.1) is 0 Å². The molecule has 1 N–H and O–H groups in total. The number of hydrogen-bond acceptors (Lipinski definition) is 4. The Balaban J connectivity index is 1.72. The Bertz CT molecular complexity index is 1120. The fraction of sp³-hybridized carbons (Fsp3) is 0.200. The number of pyridine rings is 2. The third-order valence-electron chi connectivity index (χ3n) is 5.62. The predicted octanol–water partition coefficient (Wildman–Crippen LogP) is 4.92. The van der Waals surface area contributed by atoms with Gasteiger partial charge in [-0.15, -0.1) is 0 Å². The van der Waals surface area contributed by atoms with E-state index in [0.29, 0.717) is 0 Å². The molecule has 1 aliphatic heterocycles. The molecule has 1 saturated heterocycles. The molecule has 0 aliphatic carbocycles. The van der Waals surface area contributed by atoms with E-state index in [9.17, 15) is 5.11 Å². The molecule has 29 heavy (non-hydrogen) atoms. The number of aliphatic hydroxyl groups excluding tert-OH is 1. The number of aromatic nitrogens is 2. The van der Waals surface area contributed by atoms with Gasteiger partial charge in [-0.05, 0) is 30.5 Å². The lowest BCUT2D eigenvalue weighted by Gasteiger charge is -2.31. The molecular weight excluding hydrogens is 358 g/mol. The summed E-state index contributed by atoms with van der Waals surface area (Å²) >= 11 is 0. The molecule has 0 bridgehead atoms. The number of fused-ring (bicyclic) bond motifs is 1. The Morgan fingerprint density at radius 3 is 2.17 bits per heavy atom. The van der Waals surface area contributed by atoms with Crippen molar-refractivity contribution in [1.82, 2.24) is 9.97 Å². The van der Waals surface area contributed by atoms with Crippen LogP contribution in [0.1, 0.15) is 12.8 Å². The number of anilines is 1. The molecule has 2 aromatic carbocycles. The van der Waals surface area contributed by atoms with Gasteiger partial charge < -0.3 is 10.0 Å². The van der Waals surface area contributed by atoms with E-state index < -0.39 is 0 Å². The largest absolute Gasteiger partial charge is 0.393 e. The lowest BCUT2D eigenvalue weighted by Crippen LogP contribution is -2.36. The fourth-order valence-electron chi connectivity index (χ4n) is 4.07. The lowest BCUT2D eigenvalue weighted by atomic mass is 9.97. The number of piperidine rings is 1. The molecule has 0 saturated carbocycles. The highest BCUT2D eigenvalue weighted by Crippen LogP contribution is 2.36. The summed E-state index contributed by atoms with van der Waals surface area (Å²) in [6.07, 6.45) is 3.19. The summed E-state index contributed by atoms with van der Waals surface area (Å²) < 4.78 is 0. The van der Waals surface area contributed by atoms with Crippen LogP contribution in [0.3, 0.4) is 0 Å². The molecule has 2 aromatic heterocycles. The maximum absolute atomic E-state index is 9.88. The van der Waals surface area contributed by atoms with Crippen molar-refractivity contribution in [3.63, 3.8) is 0 Å². The van der Waals surface area contributed by atoms with Crippen molar-refractivity contribution in [3.8, 4) is 22.4 Å². The first-order valence-electron chi connectivity index (χ1n) is 10.1. The second-order valence-corrected chi connectivity index (χ2v) is 7.54. The van der Waals surface area contributed by atoms with Gasteiger partial charge in [-0.3, -0.25) is 0 Å². The molecule has 1 aliphatic rings. The van der Waals surface area contributed by atoms with E-state index in [1.165, 1.54) is 0 Å². The summed E-state index contributed by atoms with van der Waals surface area (Å²) in [5, 5.41) is 10.9. The first kappa shape index (κ1) is 17.8. The van der Waals surface area contributed by atoms with Crippen LogP contribution in [-0.2, 0) is 0 Å². The Morgan fingerprint density at radius 1 is 0.828 bits per heavy atom.